The summed E-state index contributed by atoms with van der Waals surface area (Å²) in [5.74, 6) is 0.438. The van der Waals surface area contributed by atoms with Gasteiger partial charge in [0.1, 0.15) is 5.49 Å². The molecule has 40 heavy (non-hydrogen) atoms. The van der Waals surface area contributed by atoms with Crippen molar-refractivity contribution in [1.29, 1.82) is 5.41 Å². The van der Waals surface area contributed by atoms with E-state index in [2.05, 4.69) is 20.2 Å². The number of carbonyl (C=O) groups is 1. The highest BCUT2D eigenvalue weighted by atomic mass is 35.5. The summed E-state index contributed by atoms with van der Waals surface area (Å²) in [5.41, 5.74) is 1.74. The summed E-state index contributed by atoms with van der Waals surface area (Å²) >= 11 is 12.6. The fraction of sp³-hybridized carbons (Fsp3) is 0.296. The van der Waals surface area contributed by atoms with Crippen LogP contribution in [0, 0.1) is 5.41 Å². The predicted octanol–water partition coefficient (Wildman–Crippen LogP) is 2.86. The Balaban J connectivity index is 1.34. The summed E-state index contributed by atoms with van der Waals surface area (Å²) in [7, 11) is 5.37. The number of fused-ring (bicyclic) bond motifs is 1. The van der Waals surface area contributed by atoms with E-state index in [9.17, 15) is 9.59 Å². The number of hydrogen-bond donors (Lipinski definition) is 2. The molecule has 0 unspecified atom stereocenters. The molecule has 1 aliphatic rings. The number of aryl methyl sites for hydroxylation is 1. The Morgan fingerprint density at radius 1 is 1.05 bits per heavy atom. The quantitative estimate of drug-likeness (QED) is 0.359. The molecule has 0 radical (unpaired) electrons. The Hall–Kier alpha value is -3.93. The van der Waals surface area contributed by atoms with Crippen molar-refractivity contribution < 1.29 is 4.79 Å². The fourth-order valence-electron chi connectivity index (χ4n) is 4.69. The number of hydrogen-bond acceptors (Lipinski definition) is 8. The predicted molar refractivity (Wildman–Crippen MR) is 157 cm³/mol. The molecule has 1 aliphatic heterocycles. The highest BCUT2D eigenvalue weighted by molar-refractivity contribution is 6.37. The molecule has 3 heterocycles. The molecule has 2 N–H and O–H groups in total. The molecule has 2 aromatic carbocycles. The third-order valence-electron chi connectivity index (χ3n) is 6.78. The van der Waals surface area contributed by atoms with Crippen molar-refractivity contribution in [2.45, 2.75) is 0 Å². The summed E-state index contributed by atoms with van der Waals surface area (Å²) in [6.45, 7) is 3.34. The molecule has 2 aromatic heterocycles. The van der Waals surface area contributed by atoms with Crippen LogP contribution in [0.1, 0.15) is 0 Å². The van der Waals surface area contributed by atoms with Crippen LogP contribution in [0.5, 0.6) is 0 Å². The Labute approximate surface area is 240 Å². The van der Waals surface area contributed by atoms with E-state index < -0.39 is 5.69 Å². The number of anilines is 3. The molecule has 1 fully saturated rings. The van der Waals surface area contributed by atoms with Crippen LogP contribution in [0.2, 0.25) is 10.0 Å². The van der Waals surface area contributed by atoms with Crippen molar-refractivity contribution in [1.82, 2.24) is 28.9 Å². The lowest BCUT2D eigenvalue weighted by molar-refractivity contribution is -0.132. The Bertz CT molecular complexity index is 1670. The first kappa shape index (κ1) is 27.6. The lowest BCUT2D eigenvalue weighted by Gasteiger charge is -2.36. The minimum atomic E-state index is -0.509. The van der Waals surface area contributed by atoms with Crippen LogP contribution in [0.3, 0.4) is 0 Å². The number of halogens is 2. The zero-order valence-corrected chi connectivity index (χ0v) is 23.9. The van der Waals surface area contributed by atoms with Crippen LogP contribution >= 0.6 is 23.2 Å². The van der Waals surface area contributed by atoms with Crippen molar-refractivity contribution in [3.05, 3.63) is 74.7 Å². The van der Waals surface area contributed by atoms with Gasteiger partial charge in [-0.15, -0.1) is 0 Å². The van der Waals surface area contributed by atoms with Crippen molar-refractivity contribution in [3.63, 3.8) is 0 Å². The number of nitrogens with zero attached hydrogens (tertiary/aromatic N) is 7. The monoisotopic (exact) mass is 581 g/mol. The first-order chi connectivity index (χ1) is 19.1. The molecule has 1 amide bonds. The number of amides is 1. The number of rotatable bonds is 6. The van der Waals surface area contributed by atoms with Crippen molar-refractivity contribution in [2.24, 2.45) is 7.05 Å². The molecule has 0 aliphatic carbocycles. The summed E-state index contributed by atoms with van der Waals surface area (Å²) in [4.78, 5) is 40.5. The molecular weight excluding hydrogens is 553 g/mol. The normalized spacial score (nSPS) is 13.8. The number of likely N-dealkylation sites (N-methyl/N-ethyl adjacent to an activating group) is 1. The van der Waals surface area contributed by atoms with E-state index in [0.29, 0.717) is 30.7 Å². The van der Waals surface area contributed by atoms with Gasteiger partial charge in [-0.05, 0) is 50.5 Å². The van der Waals surface area contributed by atoms with Gasteiger partial charge in [-0.3, -0.25) is 14.8 Å². The number of nitrogens with one attached hydrogen (secondary N) is 2. The summed E-state index contributed by atoms with van der Waals surface area (Å²) in [6.07, 6.45) is 1.50. The third kappa shape index (κ3) is 5.40. The highest BCUT2D eigenvalue weighted by Gasteiger charge is 2.22. The lowest BCUT2D eigenvalue weighted by atomic mass is 10.2. The molecule has 0 spiro atoms. The molecule has 0 atom stereocenters. The van der Waals surface area contributed by atoms with Crippen LogP contribution in [0.15, 0.2) is 53.5 Å². The molecule has 4 aromatic rings. The largest absolute Gasteiger partial charge is 0.368 e. The molecule has 208 valence electrons. The lowest BCUT2D eigenvalue weighted by Crippen LogP contribution is -2.50. The minimum Gasteiger partial charge on any atom is -0.368 e. The molecular formula is C27H29Cl2N9O2. The number of piperazine rings is 1. The summed E-state index contributed by atoms with van der Waals surface area (Å²) < 4.78 is 2.49. The Morgan fingerprint density at radius 2 is 1.70 bits per heavy atom. The second-order valence-electron chi connectivity index (χ2n) is 9.80. The number of benzene rings is 2. The van der Waals surface area contributed by atoms with Crippen LogP contribution in [0.25, 0.3) is 16.7 Å². The van der Waals surface area contributed by atoms with E-state index in [1.807, 2.05) is 48.2 Å². The molecule has 5 rings (SSSR count). The zero-order valence-electron chi connectivity index (χ0n) is 22.4. The number of carbonyl (C=O) groups excluding carboxylic acids is 1. The van der Waals surface area contributed by atoms with Crippen LogP contribution in [-0.2, 0) is 11.8 Å². The third-order valence-corrected chi connectivity index (χ3v) is 7.39. The average molecular weight is 582 g/mol. The van der Waals surface area contributed by atoms with Gasteiger partial charge in [0.25, 0.3) is 0 Å². The van der Waals surface area contributed by atoms with Crippen molar-refractivity contribution >= 4 is 57.5 Å². The van der Waals surface area contributed by atoms with Gasteiger partial charge in [-0.1, -0.05) is 29.3 Å². The van der Waals surface area contributed by atoms with Gasteiger partial charge in [-0.2, -0.15) is 4.98 Å². The maximum atomic E-state index is 13.2. The SMILES string of the molecule is CN(C)CC(=O)N1CCN(c2ccc(Nc3ncc4c(=N)n(-c5c(Cl)cccc5Cl)c(=O)n(C)c4n3)cc2)CC1. The molecule has 13 heteroatoms. The van der Waals surface area contributed by atoms with E-state index in [1.165, 1.54) is 10.8 Å². The topological polar surface area (TPSA) is 115 Å². The minimum absolute atomic E-state index is 0.118. The molecule has 0 saturated carbocycles. The zero-order chi connectivity index (χ0) is 28.6. The maximum absolute atomic E-state index is 13.2. The number of para-hydroxylation sites is 1. The second-order valence-corrected chi connectivity index (χ2v) is 10.6. The molecule has 0 bridgehead atoms. The van der Waals surface area contributed by atoms with E-state index in [1.54, 1.807) is 25.2 Å². The highest BCUT2D eigenvalue weighted by Crippen LogP contribution is 2.27. The Morgan fingerprint density at radius 3 is 2.33 bits per heavy atom. The van der Waals surface area contributed by atoms with Crippen LogP contribution < -0.4 is 21.4 Å². The van der Waals surface area contributed by atoms with Gasteiger partial charge in [0.2, 0.25) is 11.9 Å². The second kappa shape index (κ2) is 11.3. The van der Waals surface area contributed by atoms with Gasteiger partial charge >= 0.3 is 5.69 Å². The maximum Gasteiger partial charge on any atom is 0.335 e. The van der Waals surface area contributed by atoms with Gasteiger partial charge in [-0.25, -0.2) is 14.3 Å². The first-order valence-corrected chi connectivity index (χ1v) is 13.4. The van der Waals surface area contributed by atoms with Gasteiger partial charge in [0.05, 0.1) is 27.7 Å². The van der Waals surface area contributed by atoms with Gasteiger partial charge in [0.15, 0.2) is 5.65 Å². The molecule has 1 saturated heterocycles. The summed E-state index contributed by atoms with van der Waals surface area (Å²) in [5, 5.41) is 12.7. The van der Waals surface area contributed by atoms with E-state index in [4.69, 9.17) is 28.6 Å². The smallest absolute Gasteiger partial charge is 0.335 e. The van der Waals surface area contributed by atoms with E-state index >= 15 is 0 Å². The number of aromatic nitrogens is 4. The van der Waals surface area contributed by atoms with Gasteiger partial charge in [0, 0.05) is 50.8 Å². The summed E-state index contributed by atoms with van der Waals surface area (Å²) in [6, 6.07) is 12.8. The first-order valence-electron chi connectivity index (χ1n) is 12.7. The standard InChI is InChI=1S/C27H29Cl2N9O2/c1-34(2)16-22(39)37-13-11-36(12-14-37)18-9-7-17(8-10-18)32-26-31-15-19-24(30)38(27(40)35(3)25(19)33-26)23-20(28)5-4-6-21(23)29/h4-10,15,30H,11-14,16H2,1-3H3,(H,31,32,33). The fourth-order valence-corrected chi connectivity index (χ4v) is 5.26. The van der Waals surface area contributed by atoms with Crippen molar-refractivity contribution in [3.8, 4) is 5.69 Å². The van der Waals surface area contributed by atoms with Crippen molar-refractivity contribution in [2.75, 3.05) is 57.0 Å². The molecule has 11 nitrogen and oxygen atoms in total. The average Bonchev–Trinajstić information content (AvgIpc) is 2.93. The van der Waals surface area contributed by atoms with Crippen LogP contribution in [-0.4, -0.2) is 81.6 Å². The van der Waals surface area contributed by atoms with E-state index in [-0.39, 0.29) is 33.1 Å². The van der Waals surface area contributed by atoms with E-state index in [0.717, 1.165) is 29.0 Å². The van der Waals surface area contributed by atoms with Gasteiger partial charge < -0.3 is 20.0 Å². The van der Waals surface area contributed by atoms with Crippen LogP contribution in [0.4, 0.5) is 17.3 Å². The Kier molecular flexibility index (Phi) is 7.79.